The number of anilines is 1. The minimum absolute atomic E-state index is 0. The summed E-state index contributed by atoms with van der Waals surface area (Å²) in [7, 11) is 0. The molecular weight excluding hydrogens is 298 g/mol. The second-order valence-electron chi connectivity index (χ2n) is 5.68. The molecule has 5 heteroatoms. The Bertz CT molecular complexity index is 457. The molecule has 2 N–H and O–H groups in total. The highest BCUT2D eigenvalue weighted by Gasteiger charge is 2.20. The van der Waals surface area contributed by atoms with Crippen LogP contribution in [0.3, 0.4) is 0 Å². The van der Waals surface area contributed by atoms with Crippen LogP contribution in [0.1, 0.15) is 32.3 Å². The maximum atomic E-state index is 12.3. The number of piperidine rings is 1. The molecule has 0 saturated carbocycles. The van der Waals surface area contributed by atoms with Crippen molar-refractivity contribution in [3.63, 3.8) is 0 Å². The van der Waals surface area contributed by atoms with Gasteiger partial charge in [0.05, 0.1) is 0 Å². The van der Waals surface area contributed by atoms with E-state index in [1.165, 1.54) is 5.56 Å². The first-order valence-electron chi connectivity index (χ1n) is 8.05. The van der Waals surface area contributed by atoms with E-state index in [1.807, 2.05) is 12.1 Å². The first kappa shape index (κ1) is 18.9. The molecule has 1 aromatic rings. The third kappa shape index (κ3) is 5.59. The first-order valence-corrected chi connectivity index (χ1v) is 8.05. The van der Waals surface area contributed by atoms with Gasteiger partial charge < -0.3 is 10.6 Å². The van der Waals surface area contributed by atoms with Gasteiger partial charge in [0.15, 0.2) is 0 Å². The summed E-state index contributed by atoms with van der Waals surface area (Å²) in [4.78, 5) is 14.6. The van der Waals surface area contributed by atoms with Gasteiger partial charge in [0.25, 0.3) is 0 Å². The van der Waals surface area contributed by atoms with E-state index in [1.54, 1.807) is 0 Å². The van der Waals surface area contributed by atoms with Crippen LogP contribution in [0.15, 0.2) is 24.3 Å². The normalized spacial score (nSPS) is 15.4. The van der Waals surface area contributed by atoms with Gasteiger partial charge in [-0.2, -0.15) is 0 Å². The second-order valence-corrected chi connectivity index (χ2v) is 5.68. The predicted molar refractivity (Wildman–Crippen MR) is 94.5 cm³/mol. The Hall–Kier alpha value is -1.10. The topological polar surface area (TPSA) is 44.4 Å². The number of hydrogen-bond donors (Lipinski definition) is 2. The van der Waals surface area contributed by atoms with Crippen LogP contribution < -0.4 is 10.6 Å². The molecular formula is C17H28ClN3O. The number of rotatable bonds is 6. The van der Waals surface area contributed by atoms with E-state index in [4.69, 9.17) is 0 Å². The Labute approximate surface area is 140 Å². The van der Waals surface area contributed by atoms with E-state index in [2.05, 4.69) is 41.5 Å². The molecule has 0 aromatic heterocycles. The highest BCUT2D eigenvalue weighted by Crippen LogP contribution is 2.17. The number of carbonyl (C=O) groups excluding carboxylic acids is 1. The van der Waals surface area contributed by atoms with Gasteiger partial charge in [-0.05, 0) is 56.7 Å². The van der Waals surface area contributed by atoms with Crippen molar-refractivity contribution in [3.8, 4) is 0 Å². The van der Waals surface area contributed by atoms with Gasteiger partial charge in [-0.1, -0.05) is 26.0 Å². The van der Waals surface area contributed by atoms with Gasteiger partial charge in [0.2, 0.25) is 5.91 Å². The van der Waals surface area contributed by atoms with Crippen LogP contribution in [-0.2, 0) is 11.3 Å². The molecule has 2 rings (SSSR count). The van der Waals surface area contributed by atoms with Crippen molar-refractivity contribution in [2.45, 2.75) is 33.2 Å². The van der Waals surface area contributed by atoms with Crippen LogP contribution >= 0.6 is 12.4 Å². The van der Waals surface area contributed by atoms with Crippen molar-refractivity contribution in [3.05, 3.63) is 29.8 Å². The van der Waals surface area contributed by atoms with Gasteiger partial charge in [-0.15, -0.1) is 12.4 Å². The van der Waals surface area contributed by atoms with Gasteiger partial charge >= 0.3 is 0 Å². The van der Waals surface area contributed by atoms with E-state index in [-0.39, 0.29) is 24.2 Å². The second kappa shape index (κ2) is 9.82. The van der Waals surface area contributed by atoms with Crippen LogP contribution in [0.4, 0.5) is 5.69 Å². The Balaban J connectivity index is 0.00000242. The third-order valence-corrected chi connectivity index (χ3v) is 4.21. The average molecular weight is 326 g/mol. The summed E-state index contributed by atoms with van der Waals surface area (Å²) < 4.78 is 0. The van der Waals surface area contributed by atoms with E-state index in [9.17, 15) is 4.79 Å². The Kier molecular flexibility index (Phi) is 8.46. The van der Waals surface area contributed by atoms with Crippen LogP contribution in [-0.4, -0.2) is 37.0 Å². The van der Waals surface area contributed by atoms with Crippen molar-refractivity contribution in [2.75, 3.05) is 31.5 Å². The summed E-state index contributed by atoms with van der Waals surface area (Å²) in [5, 5.41) is 6.37. The number of nitrogens with zero attached hydrogens (tertiary/aromatic N) is 1. The largest absolute Gasteiger partial charge is 0.326 e. The molecule has 4 nitrogen and oxygen atoms in total. The molecule has 1 saturated heterocycles. The minimum atomic E-state index is 0. The highest BCUT2D eigenvalue weighted by atomic mass is 35.5. The summed E-state index contributed by atoms with van der Waals surface area (Å²) in [5.74, 6) is 0.314. The Morgan fingerprint density at radius 1 is 1.27 bits per heavy atom. The number of hydrogen-bond acceptors (Lipinski definition) is 3. The van der Waals surface area contributed by atoms with E-state index < -0.39 is 0 Å². The molecule has 1 aliphatic rings. The monoisotopic (exact) mass is 325 g/mol. The van der Waals surface area contributed by atoms with Crippen LogP contribution in [0.25, 0.3) is 0 Å². The maximum Gasteiger partial charge on any atom is 0.227 e. The van der Waals surface area contributed by atoms with Gasteiger partial charge in [-0.3, -0.25) is 9.69 Å². The molecule has 0 spiro atoms. The minimum Gasteiger partial charge on any atom is -0.326 e. The zero-order chi connectivity index (χ0) is 15.1. The Morgan fingerprint density at radius 3 is 2.59 bits per heavy atom. The van der Waals surface area contributed by atoms with E-state index >= 15 is 0 Å². The number of nitrogens with one attached hydrogen (secondary N) is 2. The fraction of sp³-hybridized carbons (Fsp3) is 0.588. The number of carbonyl (C=O) groups is 1. The van der Waals surface area contributed by atoms with Crippen molar-refractivity contribution < 1.29 is 4.79 Å². The Morgan fingerprint density at radius 2 is 1.95 bits per heavy atom. The van der Waals surface area contributed by atoms with Gasteiger partial charge in [0.1, 0.15) is 0 Å². The summed E-state index contributed by atoms with van der Waals surface area (Å²) in [5.41, 5.74) is 2.17. The third-order valence-electron chi connectivity index (χ3n) is 4.21. The van der Waals surface area contributed by atoms with Crippen molar-refractivity contribution >= 4 is 24.0 Å². The standard InChI is InChI=1S/C17H27N3O.ClH/c1-3-20(4-2)13-14-6-5-7-16(12-14)19-17(21)15-8-10-18-11-9-15;/h5-7,12,15,18H,3-4,8-11,13H2,1-2H3,(H,19,21);1H. The lowest BCUT2D eigenvalue weighted by Gasteiger charge is -2.22. The fourth-order valence-electron chi connectivity index (χ4n) is 2.78. The molecule has 1 aliphatic heterocycles. The lowest BCUT2D eigenvalue weighted by molar-refractivity contribution is -0.120. The first-order chi connectivity index (χ1) is 10.2. The van der Waals surface area contributed by atoms with Gasteiger partial charge in [0, 0.05) is 18.2 Å². The van der Waals surface area contributed by atoms with E-state index in [0.717, 1.165) is 51.3 Å². The molecule has 0 bridgehead atoms. The molecule has 0 aliphatic carbocycles. The average Bonchev–Trinajstić information content (AvgIpc) is 2.53. The lowest BCUT2D eigenvalue weighted by atomic mass is 9.97. The molecule has 1 amide bonds. The highest BCUT2D eigenvalue weighted by molar-refractivity contribution is 5.92. The fourth-order valence-corrected chi connectivity index (χ4v) is 2.78. The quantitative estimate of drug-likeness (QED) is 0.845. The zero-order valence-electron chi connectivity index (χ0n) is 13.6. The van der Waals surface area contributed by atoms with Crippen molar-refractivity contribution in [2.24, 2.45) is 5.92 Å². The molecule has 1 fully saturated rings. The molecule has 1 aromatic carbocycles. The summed E-state index contributed by atoms with van der Waals surface area (Å²) >= 11 is 0. The lowest BCUT2D eigenvalue weighted by Crippen LogP contribution is -2.34. The van der Waals surface area contributed by atoms with Crippen LogP contribution in [0.2, 0.25) is 0 Å². The van der Waals surface area contributed by atoms with Crippen LogP contribution in [0.5, 0.6) is 0 Å². The smallest absolute Gasteiger partial charge is 0.227 e. The molecule has 0 atom stereocenters. The van der Waals surface area contributed by atoms with E-state index in [0.29, 0.717) is 0 Å². The van der Waals surface area contributed by atoms with Crippen LogP contribution in [0, 0.1) is 5.92 Å². The number of amides is 1. The van der Waals surface area contributed by atoms with Crippen molar-refractivity contribution in [1.29, 1.82) is 0 Å². The molecule has 0 radical (unpaired) electrons. The molecule has 124 valence electrons. The molecule has 22 heavy (non-hydrogen) atoms. The summed E-state index contributed by atoms with van der Waals surface area (Å²) in [6.07, 6.45) is 1.87. The molecule has 0 unspecified atom stereocenters. The number of benzene rings is 1. The SMILES string of the molecule is CCN(CC)Cc1cccc(NC(=O)C2CCNCC2)c1.Cl. The molecule has 1 heterocycles. The zero-order valence-corrected chi connectivity index (χ0v) is 14.4. The summed E-state index contributed by atoms with van der Waals surface area (Å²) in [6.45, 7) is 9.26. The summed E-state index contributed by atoms with van der Waals surface area (Å²) in [6, 6.07) is 8.22. The predicted octanol–water partition coefficient (Wildman–Crippen LogP) is 2.89. The van der Waals surface area contributed by atoms with Gasteiger partial charge in [-0.25, -0.2) is 0 Å². The maximum absolute atomic E-state index is 12.3. The number of halogens is 1. The van der Waals surface area contributed by atoms with Crippen molar-refractivity contribution in [1.82, 2.24) is 10.2 Å².